The Morgan fingerprint density at radius 2 is 2.15 bits per heavy atom. The van der Waals surface area contributed by atoms with E-state index in [1.807, 2.05) is 0 Å². The fourth-order valence-electron chi connectivity index (χ4n) is 2.10. The highest BCUT2D eigenvalue weighted by atomic mass is 32.1. The second-order valence-corrected chi connectivity index (χ2v) is 4.81. The molecule has 0 aromatic carbocycles. The van der Waals surface area contributed by atoms with Crippen molar-refractivity contribution in [1.82, 2.24) is 4.98 Å². The number of hydrogen-bond acceptors (Lipinski definition) is 3. The number of hydrogen-bond donors (Lipinski definition) is 1. The fraction of sp³-hybridized carbons (Fsp3) is 0.700. The summed E-state index contributed by atoms with van der Waals surface area (Å²) >= 11 is 1.70. The lowest BCUT2D eigenvalue weighted by Gasteiger charge is -2.05. The van der Waals surface area contributed by atoms with Crippen LogP contribution in [-0.4, -0.2) is 10.1 Å². The number of nitrogens with zero attached hydrogens (tertiary/aromatic N) is 1. The Labute approximate surface area is 82.6 Å². The van der Waals surface area contributed by atoms with E-state index in [2.05, 4.69) is 11.9 Å². The van der Waals surface area contributed by atoms with Crippen LogP contribution in [0.1, 0.15) is 47.2 Å². The van der Waals surface area contributed by atoms with Crippen molar-refractivity contribution in [2.24, 2.45) is 0 Å². The highest BCUT2D eigenvalue weighted by Crippen LogP contribution is 2.38. The molecule has 0 amide bonds. The van der Waals surface area contributed by atoms with Gasteiger partial charge in [0.05, 0.1) is 12.3 Å². The van der Waals surface area contributed by atoms with Gasteiger partial charge in [0.1, 0.15) is 5.01 Å². The molecule has 0 radical (unpaired) electrons. The van der Waals surface area contributed by atoms with Crippen molar-refractivity contribution < 1.29 is 5.11 Å². The smallest absolute Gasteiger partial charge is 0.119 e. The molecule has 1 heterocycles. The molecule has 0 atom stereocenters. The summed E-state index contributed by atoms with van der Waals surface area (Å²) in [6.45, 7) is 2.15. The maximum Gasteiger partial charge on any atom is 0.119 e. The lowest BCUT2D eigenvalue weighted by molar-refractivity contribution is 0.281. The van der Waals surface area contributed by atoms with E-state index in [1.165, 1.54) is 30.6 Å². The Morgan fingerprint density at radius 3 is 2.69 bits per heavy atom. The SMILES string of the molecule is Cc1nc(CO)sc1C1CCCC1. The zero-order valence-corrected chi connectivity index (χ0v) is 8.73. The number of aryl methyl sites for hydroxylation is 1. The second kappa shape index (κ2) is 3.76. The first-order chi connectivity index (χ1) is 6.31. The minimum absolute atomic E-state index is 0.0955. The summed E-state index contributed by atoms with van der Waals surface area (Å²) in [5, 5.41) is 9.84. The molecule has 1 aliphatic rings. The maximum atomic E-state index is 8.97. The van der Waals surface area contributed by atoms with Gasteiger partial charge in [-0.15, -0.1) is 11.3 Å². The van der Waals surface area contributed by atoms with E-state index in [-0.39, 0.29) is 6.61 Å². The Morgan fingerprint density at radius 1 is 1.46 bits per heavy atom. The molecule has 2 nitrogen and oxygen atoms in total. The van der Waals surface area contributed by atoms with E-state index in [0.29, 0.717) is 0 Å². The summed E-state index contributed by atoms with van der Waals surface area (Å²) in [5.74, 6) is 0.734. The Balaban J connectivity index is 2.22. The first kappa shape index (κ1) is 9.16. The van der Waals surface area contributed by atoms with Crippen molar-refractivity contribution in [3.8, 4) is 0 Å². The summed E-state index contributed by atoms with van der Waals surface area (Å²) in [4.78, 5) is 5.76. The number of aromatic nitrogens is 1. The Kier molecular flexibility index (Phi) is 2.65. The second-order valence-electron chi connectivity index (χ2n) is 3.70. The molecular weight excluding hydrogens is 182 g/mol. The molecule has 0 unspecified atom stereocenters. The summed E-state index contributed by atoms with van der Waals surface area (Å²) < 4.78 is 0. The summed E-state index contributed by atoms with van der Waals surface area (Å²) in [5.41, 5.74) is 1.14. The predicted molar refractivity (Wildman–Crippen MR) is 54.0 cm³/mol. The third kappa shape index (κ3) is 1.76. The highest BCUT2D eigenvalue weighted by molar-refractivity contribution is 7.11. The quantitative estimate of drug-likeness (QED) is 0.790. The van der Waals surface area contributed by atoms with Crippen molar-refractivity contribution in [1.29, 1.82) is 0 Å². The Hall–Kier alpha value is -0.410. The van der Waals surface area contributed by atoms with Crippen molar-refractivity contribution >= 4 is 11.3 Å². The van der Waals surface area contributed by atoms with Gasteiger partial charge in [-0.3, -0.25) is 0 Å². The van der Waals surface area contributed by atoms with Crippen molar-refractivity contribution in [2.75, 3.05) is 0 Å². The standard InChI is InChI=1S/C10H15NOS/c1-7-10(8-4-2-3-5-8)13-9(6-12)11-7/h8,12H,2-6H2,1H3. The van der Waals surface area contributed by atoms with Crippen LogP contribution in [0.15, 0.2) is 0 Å². The fourth-order valence-corrected chi connectivity index (χ4v) is 3.20. The van der Waals surface area contributed by atoms with Crippen LogP contribution in [-0.2, 0) is 6.61 Å². The van der Waals surface area contributed by atoms with Crippen molar-refractivity contribution in [2.45, 2.75) is 45.1 Å². The van der Waals surface area contributed by atoms with Crippen LogP contribution in [0, 0.1) is 6.92 Å². The molecule has 1 aliphatic carbocycles. The van der Waals surface area contributed by atoms with Crippen LogP contribution in [0.2, 0.25) is 0 Å². The largest absolute Gasteiger partial charge is 0.389 e. The molecule has 0 aliphatic heterocycles. The maximum absolute atomic E-state index is 8.97. The van der Waals surface area contributed by atoms with Crippen LogP contribution in [0.25, 0.3) is 0 Å². The molecule has 1 N–H and O–H groups in total. The lowest BCUT2D eigenvalue weighted by atomic mass is 10.1. The summed E-state index contributed by atoms with van der Waals surface area (Å²) in [6.07, 6.45) is 5.34. The van der Waals surface area contributed by atoms with Crippen LogP contribution in [0.4, 0.5) is 0 Å². The molecule has 3 heteroatoms. The van der Waals surface area contributed by atoms with Gasteiger partial charge in [-0.25, -0.2) is 4.98 Å². The van der Waals surface area contributed by atoms with Crippen LogP contribution in [0.3, 0.4) is 0 Å². The number of thiazole rings is 1. The van der Waals surface area contributed by atoms with E-state index in [0.717, 1.165) is 16.6 Å². The van der Waals surface area contributed by atoms with Crippen LogP contribution < -0.4 is 0 Å². The van der Waals surface area contributed by atoms with E-state index in [4.69, 9.17) is 5.11 Å². The number of aliphatic hydroxyl groups excluding tert-OH is 1. The van der Waals surface area contributed by atoms with E-state index >= 15 is 0 Å². The van der Waals surface area contributed by atoms with E-state index in [9.17, 15) is 0 Å². The van der Waals surface area contributed by atoms with Gasteiger partial charge in [0.25, 0.3) is 0 Å². The lowest BCUT2D eigenvalue weighted by Crippen LogP contribution is -1.90. The van der Waals surface area contributed by atoms with Gasteiger partial charge < -0.3 is 5.11 Å². The van der Waals surface area contributed by atoms with Crippen LogP contribution >= 0.6 is 11.3 Å². The molecule has 0 bridgehead atoms. The number of aliphatic hydroxyl groups is 1. The zero-order valence-electron chi connectivity index (χ0n) is 7.92. The summed E-state index contributed by atoms with van der Waals surface area (Å²) in [6, 6.07) is 0. The predicted octanol–water partition coefficient (Wildman–Crippen LogP) is 2.60. The van der Waals surface area contributed by atoms with Gasteiger partial charge in [0.2, 0.25) is 0 Å². The van der Waals surface area contributed by atoms with Gasteiger partial charge in [-0.05, 0) is 25.7 Å². The first-order valence-corrected chi connectivity index (χ1v) is 5.70. The van der Waals surface area contributed by atoms with Gasteiger partial charge in [0, 0.05) is 4.88 Å². The molecule has 1 aromatic heterocycles. The van der Waals surface area contributed by atoms with Crippen LogP contribution in [0.5, 0.6) is 0 Å². The molecular formula is C10H15NOS. The average Bonchev–Trinajstić information content (AvgIpc) is 2.72. The van der Waals surface area contributed by atoms with Crippen molar-refractivity contribution in [3.63, 3.8) is 0 Å². The van der Waals surface area contributed by atoms with Gasteiger partial charge >= 0.3 is 0 Å². The average molecular weight is 197 g/mol. The molecule has 1 saturated carbocycles. The normalized spacial score (nSPS) is 18.3. The molecule has 0 saturated heterocycles. The number of rotatable bonds is 2. The minimum atomic E-state index is 0.0955. The zero-order chi connectivity index (χ0) is 9.26. The van der Waals surface area contributed by atoms with Gasteiger partial charge in [-0.1, -0.05) is 12.8 Å². The highest BCUT2D eigenvalue weighted by Gasteiger charge is 2.21. The Bertz CT molecular complexity index is 289. The molecule has 1 fully saturated rings. The third-order valence-electron chi connectivity index (χ3n) is 2.74. The monoisotopic (exact) mass is 197 g/mol. The van der Waals surface area contributed by atoms with Crippen molar-refractivity contribution in [3.05, 3.63) is 15.6 Å². The molecule has 0 spiro atoms. The van der Waals surface area contributed by atoms with E-state index < -0.39 is 0 Å². The molecule has 1 aromatic rings. The van der Waals surface area contributed by atoms with Gasteiger partial charge in [0.15, 0.2) is 0 Å². The van der Waals surface area contributed by atoms with E-state index in [1.54, 1.807) is 11.3 Å². The molecule has 13 heavy (non-hydrogen) atoms. The summed E-state index contributed by atoms with van der Waals surface area (Å²) in [7, 11) is 0. The first-order valence-electron chi connectivity index (χ1n) is 4.88. The topological polar surface area (TPSA) is 33.1 Å². The third-order valence-corrected chi connectivity index (χ3v) is 4.04. The minimum Gasteiger partial charge on any atom is -0.389 e. The molecule has 72 valence electrons. The molecule has 2 rings (SSSR count). The van der Waals surface area contributed by atoms with Gasteiger partial charge in [-0.2, -0.15) is 0 Å².